The Morgan fingerprint density at radius 2 is 1.73 bits per heavy atom. The number of hydrogen-bond donors (Lipinski definition) is 2. The number of anilines is 1. The standard InChI is InChI=1S/C33H47N5O2S/c1-10-24(4)21-33(40)35-32-18-17-31(36-37-32)16-14-13-15-26(6)41-28(8)38(9)25(5)22-30(12-3)23-29(11-2)19-20-34-27(7)39/h10-12,17-18,23H,2,5-6,8,13-16,19-22H2,1,3-4,7,9H3,(H,34,39)(H,35,37,40)/b24-10+,29-23+,30-12-. The Kier molecular flexibility index (Phi) is 16.8. The number of unbranched alkanes of at least 4 members (excludes halogenated alkanes) is 1. The van der Waals surface area contributed by atoms with E-state index in [4.69, 9.17) is 0 Å². The number of carbonyl (C=O) groups excluding carboxylic acids is 2. The van der Waals surface area contributed by atoms with E-state index in [1.807, 2.05) is 50.9 Å². The number of rotatable bonds is 19. The molecule has 1 rings (SSSR count). The van der Waals surface area contributed by atoms with Crippen LogP contribution in [0.15, 0.2) is 95.1 Å². The third-order valence-corrected chi connectivity index (χ3v) is 7.37. The number of aromatic nitrogens is 2. The first-order chi connectivity index (χ1) is 19.5. The summed E-state index contributed by atoms with van der Waals surface area (Å²) in [6.45, 7) is 24.6. The van der Waals surface area contributed by atoms with Gasteiger partial charge in [-0.1, -0.05) is 68.0 Å². The monoisotopic (exact) mass is 577 g/mol. The van der Waals surface area contributed by atoms with Gasteiger partial charge in [-0.05, 0) is 81.1 Å². The second kappa shape index (κ2) is 19.4. The Morgan fingerprint density at radius 1 is 1.00 bits per heavy atom. The first kappa shape index (κ1) is 35.4. The predicted octanol–water partition coefficient (Wildman–Crippen LogP) is 7.62. The Hall–Kier alpha value is -3.65. The fourth-order valence-electron chi connectivity index (χ4n) is 3.64. The van der Waals surface area contributed by atoms with E-state index in [0.717, 1.165) is 70.1 Å². The number of carbonyl (C=O) groups is 2. The van der Waals surface area contributed by atoms with E-state index in [-0.39, 0.29) is 11.8 Å². The van der Waals surface area contributed by atoms with E-state index in [1.54, 1.807) is 17.8 Å². The van der Waals surface area contributed by atoms with Gasteiger partial charge < -0.3 is 15.5 Å². The number of nitrogens with one attached hydrogen (secondary N) is 2. The highest BCUT2D eigenvalue weighted by Crippen LogP contribution is 2.31. The number of aryl methyl sites for hydroxylation is 1. The molecule has 1 aromatic rings. The third kappa shape index (κ3) is 15.1. The first-order valence-electron chi connectivity index (χ1n) is 13.9. The number of thioether (sulfide) groups is 1. The van der Waals surface area contributed by atoms with Gasteiger partial charge in [0.05, 0.1) is 10.7 Å². The lowest BCUT2D eigenvalue weighted by molar-refractivity contribution is -0.119. The van der Waals surface area contributed by atoms with Crippen molar-refractivity contribution in [3.63, 3.8) is 0 Å². The molecule has 0 atom stereocenters. The van der Waals surface area contributed by atoms with Crippen molar-refractivity contribution in [2.45, 2.75) is 72.6 Å². The smallest absolute Gasteiger partial charge is 0.229 e. The first-order valence-corrected chi connectivity index (χ1v) is 14.7. The molecule has 0 aliphatic carbocycles. The highest BCUT2D eigenvalue weighted by atomic mass is 32.2. The molecule has 1 heterocycles. The van der Waals surface area contributed by atoms with Crippen molar-refractivity contribution in [2.75, 3.05) is 18.9 Å². The molecule has 0 saturated heterocycles. The highest BCUT2D eigenvalue weighted by Gasteiger charge is 2.11. The Balaban J connectivity index is 2.45. The van der Waals surface area contributed by atoms with Gasteiger partial charge in [0, 0.05) is 39.1 Å². The van der Waals surface area contributed by atoms with E-state index in [1.165, 1.54) is 6.92 Å². The molecule has 0 unspecified atom stereocenters. The van der Waals surface area contributed by atoms with Crippen LogP contribution >= 0.6 is 11.8 Å². The van der Waals surface area contributed by atoms with E-state index < -0.39 is 0 Å². The van der Waals surface area contributed by atoms with Gasteiger partial charge in [0.25, 0.3) is 0 Å². The van der Waals surface area contributed by atoms with Crippen LogP contribution in [0.3, 0.4) is 0 Å². The lowest BCUT2D eigenvalue weighted by atomic mass is 10.0. The van der Waals surface area contributed by atoms with Crippen molar-refractivity contribution < 1.29 is 9.59 Å². The van der Waals surface area contributed by atoms with Crippen LogP contribution in [0.1, 0.15) is 71.9 Å². The molecule has 2 amide bonds. The summed E-state index contributed by atoms with van der Waals surface area (Å²) in [6.07, 6.45) is 13.3. The second-order valence-corrected chi connectivity index (χ2v) is 11.1. The number of amides is 2. The zero-order valence-electron chi connectivity index (χ0n) is 25.5. The Bertz CT molecular complexity index is 1180. The fourth-order valence-corrected chi connectivity index (χ4v) is 4.48. The van der Waals surface area contributed by atoms with Crippen molar-refractivity contribution in [3.05, 3.63) is 101 Å². The van der Waals surface area contributed by atoms with Gasteiger partial charge in [-0.15, -0.1) is 5.10 Å². The van der Waals surface area contributed by atoms with E-state index in [9.17, 15) is 9.59 Å². The minimum Gasteiger partial charge on any atom is -0.356 e. The van der Waals surface area contributed by atoms with Crippen LogP contribution in [0, 0.1) is 0 Å². The fraction of sp³-hybridized carbons (Fsp3) is 0.394. The topological polar surface area (TPSA) is 87.2 Å². The van der Waals surface area contributed by atoms with Gasteiger partial charge in [-0.25, -0.2) is 0 Å². The normalized spacial score (nSPS) is 12.0. The van der Waals surface area contributed by atoms with Gasteiger partial charge >= 0.3 is 0 Å². The van der Waals surface area contributed by atoms with Gasteiger partial charge in [0.15, 0.2) is 5.82 Å². The molecule has 8 heteroatoms. The average Bonchev–Trinajstić information content (AvgIpc) is 2.94. The maximum atomic E-state index is 12.0. The number of nitrogens with zero attached hydrogens (tertiary/aromatic N) is 3. The van der Waals surface area contributed by atoms with Crippen LogP contribution in [0.25, 0.3) is 0 Å². The zero-order valence-corrected chi connectivity index (χ0v) is 26.3. The zero-order chi connectivity index (χ0) is 30.8. The summed E-state index contributed by atoms with van der Waals surface area (Å²) < 4.78 is 0. The van der Waals surface area contributed by atoms with Crippen LogP contribution in [0.4, 0.5) is 5.82 Å². The molecule has 0 bridgehead atoms. The molecular formula is C33H47N5O2S. The van der Waals surface area contributed by atoms with Crippen LogP contribution in [0.2, 0.25) is 0 Å². The van der Waals surface area contributed by atoms with Crippen molar-refractivity contribution in [1.82, 2.24) is 20.4 Å². The highest BCUT2D eigenvalue weighted by molar-refractivity contribution is 8.06. The molecule has 0 aliphatic heterocycles. The Labute approximate surface area is 251 Å². The summed E-state index contributed by atoms with van der Waals surface area (Å²) in [4.78, 5) is 26.2. The largest absolute Gasteiger partial charge is 0.356 e. The molecule has 0 aliphatic rings. The minimum atomic E-state index is -0.0920. The maximum absolute atomic E-state index is 12.0. The molecular weight excluding hydrogens is 530 g/mol. The molecule has 0 saturated carbocycles. The van der Waals surface area contributed by atoms with Crippen molar-refractivity contribution in [2.24, 2.45) is 0 Å². The van der Waals surface area contributed by atoms with Crippen LogP contribution in [-0.4, -0.2) is 40.5 Å². The summed E-state index contributed by atoms with van der Waals surface area (Å²) in [5, 5.41) is 14.9. The van der Waals surface area contributed by atoms with E-state index >= 15 is 0 Å². The SMILES string of the molecule is C=C/C(=C\C(=C/C)CC(=C)N(C)C(=C)SC(=C)CCCCc1ccc(NC(=O)C/C(C)=C/C)nn1)CCNC(C)=O. The molecule has 222 valence electrons. The average molecular weight is 578 g/mol. The van der Waals surface area contributed by atoms with Crippen LogP contribution in [0.5, 0.6) is 0 Å². The molecule has 2 N–H and O–H groups in total. The van der Waals surface area contributed by atoms with Crippen molar-refractivity contribution in [3.8, 4) is 0 Å². The number of hydrogen-bond acceptors (Lipinski definition) is 6. The van der Waals surface area contributed by atoms with Crippen molar-refractivity contribution in [1.29, 1.82) is 0 Å². The Morgan fingerprint density at radius 3 is 2.32 bits per heavy atom. The second-order valence-electron chi connectivity index (χ2n) is 9.83. The van der Waals surface area contributed by atoms with Gasteiger partial charge in [0.2, 0.25) is 11.8 Å². The molecule has 0 spiro atoms. The lowest BCUT2D eigenvalue weighted by Crippen LogP contribution is -2.21. The quantitative estimate of drug-likeness (QED) is 0.0999. The number of allylic oxidation sites excluding steroid dienone is 6. The third-order valence-electron chi connectivity index (χ3n) is 6.37. The molecule has 0 aromatic carbocycles. The summed E-state index contributed by atoms with van der Waals surface area (Å²) in [5.41, 5.74) is 5.03. The van der Waals surface area contributed by atoms with E-state index in [2.05, 4.69) is 59.3 Å². The van der Waals surface area contributed by atoms with Gasteiger partial charge in [-0.2, -0.15) is 5.10 Å². The molecule has 41 heavy (non-hydrogen) atoms. The van der Waals surface area contributed by atoms with Gasteiger partial charge in [0.1, 0.15) is 0 Å². The summed E-state index contributed by atoms with van der Waals surface area (Å²) >= 11 is 1.58. The van der Waals surface area contributed by atoms with Crippen LogP contribution < -0.4 is 10.6 Å². The van der Waals surface area contributed by atoms with Crippen LogP contribution in [-0.2, 0) is 16.0 Å². The summed E-state index contributed by atoms with van der Waals surface area (Å²) in [5.74, 6) is 0.341. The molecule has 1 aromatic heterocycles. The predicted molar refractivity (Wildman–Crippen MR) is 175 cm³/mol. The van der Waals surface area contributed by atoms with Gasteiger partial charge in [-0.3, -0.25) is 9.59 Å². The molecule has 0 fully saturated rings. The summed E-state index contributed by atoms with van der Waals surface area (Å²) in [7, 11) is 1.97. The molecule has 0 radical (unpaired) electrons. The van der Waals surface area contributed by atoms with Crippen molar-refractivity contribution >= 4 is 29.4 Å². The maximum Gasteiger partial charge on any atom is 0.229 e. The summed E-state index contributed by atoms with van der Waals surface area (Å²) in [6, 6.07) is 3.71. The molecule has 7 nitrogen and oxygen atoms in total. The van der Waals surface area contributed by atoms with E-state index in [0.29, 0.717) is 25.2 Å². The lowest BCUT2D eigenvalue weighted by Gasteiger charge is -2.24. The minimum absolute atomic E-state index is 0.0366.